The van der Waals surface area contributed by atoms with E-state index in [2.05, 4.69) is 10.6 Å². The molecule has 0 aromatic heterocycles. The Labute approximate surface area is 121 Å². The highest BCUT2D eigenvalue weighted by atomic mass is 19.1. The van der Waals surface area contributed by atoms with E-state index in [-0.39, 0.29) is 17.3 Å². The van der Waals surface area contributed by atoms with Gasteiger partial charge in [-0.3, -0.25) is 14.9 Å². The molecular weight excluding hydrogens is 277 g/mol. The van der Waals surface area contributed by atoms with Gasteiger partial charge in [-0.2, -0.15) is 0 Å². The molecule has 114 valence electrons. The molecule has 1 heterocycles. The van der Waals surface area contributed by atoms with Crippen LogP contribution in [0.3, 0.4) is 0 Å². The lowest BCUT2D eigenvalue weighted by atomic mass is 9.90. The summed E-state index contributed by atoms with van der Waals surface area (Å²) >= 11 is 0. The molecule has 0 bridgehead atoms. The number of rotatable bonds is 5. The molecule has 6 nitrogen and oxygen atoms in total. The normalized spacial score (nSPS) is 21.2. The van der Waals surface area contributed by atoms with Gasteiger partial charge in [-0.25, -0.2) is 4.39 Å². The topological polar surface area (TPSA) is 84.3 Å². The highest BCUT2D eigenvalue weighted by molar-refractivity contribution is 5.98. The zero-order chi connectivity index (χ0) is 15.5. The van der Waals surface area contributed by atoms with E-state index in [4.69, 9.17) is 0 Å². The Hall–Kier alpha value is -2.02. The van der Waals surface area contributed by atoms with Crippen LogP contribution in [0.1, 0.15) is 32.6 Å². The van der Waals surface area contributed by atoms with Crippen LogP contribution in [0.5, 0.6) is 0 Å². The van der Waals surface area contributed by atoms with Gasteiger partial charge in [0, 0.05) is 12.1 Å². The van der Waals surface area contributed by atoms with Gasteiger partial charge in [0.15, 0.2) is 0 Å². The van der Waals surface area contributed by atoms with Crippen molar-refractivity contribution in [2.45, 2.75) is 38.1 Å². The SMILES string of the molecule is CCCC1(C(=O)Nc2cc([N+](=O)[O-])ccc2F)CCCN1. The number of hydrogen-bond acceptors (Lipinski definition) is 4. The molecule has 1 aliphatic rings. The summed E-state index contributed by atoms with van der Waals surface area (Å²) in [6.07, 6.45) is 3.03. The molecule has 0 radical (unpaired) electrons. The smallest absolute Gasteiger partial charge is 0.271 e. The largest absolute Gasteiger partial charge is 0.322 e. The van der Waals surface area contributed by atoms with Crippen molar-refractivity contribution in [3.8, 4) is 0 Å². The van der Waals surface area contributed by atoms with Gasteiger partial charge >= 0.3 is 0 Å². The number of carbonyl (C=O) groups is 1. The maximum absolute atomic E-state index is 13.7. The van der Waals surface area contributed by atoms with E-state index in [1.807, 2.05) is 6.92 Å². The van der Waals surface area contributed by atoms with Gasteiger partial charge in [0.05, 0.1) is 16.1 Å². The molecule has 1 amide bonds. The minimum atomic E-state index is -0.703. The Morgan fingerprint density at radius 1 is 1.57 bits per heavy atom. The Bertz CT molecular complexity index is 556. The molecule has 1 aromatic rings. The predicted molar refractivity (Wildman–Crippen MR) is 76.6 cm³/mol. The highest BCUT2D eigenvalue weighted by Crippen LogP contribution is 2.28. The van der Waals surface area contributed by atoms with Crippen LogP contribution < -0.4 is 10.6 Å². The lowest BCUT2D eigenvalue weighted by Crippen LogP contribution is -2.50. The van der Waals surface area contributed by atoms with E-state index in [1.165, 1.54) is 0 Å². The number of nitro groups is 1. The Morgan fingerprint density at radius 2 is 2.33 bits per heavy atom. The number of carbonyl (C=O) groups excluding carboxylic acids is 1. The van der Waals surface area contributed by atoms with Crippen LogP contribution in [-0.4, -0.2) is 22.9 Å². The molecule has 1 unspecified atom stereocenters. The second-order valence-corrected chi connectivity index (χ2v) is 5.24. The third-order valence-corrected chi connectivity index (χ3v) is 3.76. The Morgan fingerprint density at radius 3 is 2.90 bits per heavy atom. The molecule has 1 aromatic carbocycles. The van der Waals surface area contributed by atoms with Crippen LogP contribution in [0.15, 0.2) is 18.2 Å². The zero-order valence-corrected chi connectivity index (χ0v) is 11.8. The average molecular weight is 295 g/mol. The van der Waals surface area contributed by atoms with Gasteiger partial charge in [-0.15, -0.1) is 0 Å². The van der Waals surface area contributed by atoms with Crippen molar-refractivity contribution in [1.29, 1.82) is 0 Å². The number of nitrogens with one attached hydrogen (secondary N) is 2. The summed E-state index contributed by atoms with van der Waals surface area (Å²) in [6.45, 7) is 2.72. The monoisotopic (exact) mass is 295 g/mol. The molecule has 7 heteroatoms. The highest BCUT2D eigenvalue weighted by Gasteiger charge is 2.40. The fraction of sp³-hybridized carbons (Fsp3) is 0.500. The number of non-ortho nitro benzene ring substituents is 1. The van der Waals surface area contributed by atoms with Crippen molar-refractivity contribution in [1.82, 2.24) is 5.32 Å². The molecule has 1 saturated heterocycles. The number of nitrogens with zero attached hydrogens (tertiary/aromatic N) is 1. The van der Waals surface area contributed by atoms with E-state index < -0.39 is 16.3 Å². The lowest BCUT2D eigenvalue weighted by Gasteiger charge is -2.27. The molecule has 0 saturated carbocycles. The van der Waals surface area contributed by atoms with Crippen LogP contribution >= 0.6 is 0 Å². The van der Waals surface area contributed by atoms with Gasteiger partial charge in [0.1, 0.15) is 5.82 Å². The van der Waals surface area contributed by atoms with Crippen molar-refractivity contribution in [3.63, 3.8) is 0 Å². The quantitative estimate of drug-likeness (QED) is 0.646. The first-order valence-corrected chi connectivity index (χ1v) is 6.99. The third-order valence-electron chi connectivity index (χ3n) is 3.76. The van der Waals surface area contributed by atoms with Crippen molar-refractivity contribution in [2.24, 2.45) is 0 Å². The average Bonchev–Trinajstić information content (AvgIpc) is 2.91. The number of halogens is 1. The number of anilines is 1. The Kier molecular flexibility index (Phi) is 4.52. The van der Waals surface area contributed by atoms with Gasteiger partial charge in [0.25, 0.3) is 5.69 Å². The number of amides is 1. The first-order chi connectivity index (χ1) is 9.98. The van der Waals surface area contributed by atoms with E-state index >= 15 is 0 Å². The summed E-state index contributed by atoms with van der Waals surface area (Å²) in [5.41, 5.74) is -1.11. The second-order valence-electron chi connectivity index (χ2n) is 5.24. The summed E-state index contributed by atoms with van der Waals surface area (Å²) in [5, 5.41) is 16.4. The van der Waals surface area contributed by atoms with E-state index in [0.29, 0.717) is 12.8 Å². The number of nitro benzene ring substituents is 1. The van der Waals surface area contributed by atoms with Gasteiger partial charge in [-0.05, 0) is 31.9 Å². The fourth-order valence-electron chi connectivity index (χ4n) is 2.72. The van der Waals surface area contributed by atoms with E-state index in [0.717, 1.165) is 37.6 Å². The molecule has 2 rings (SSSR count). The van der Waals surface area contributed by atoms with E-state index in [9.17, 15) is 19.3 Å². The third kappa shape index (κ3) is 3.18. The fourth-order valence-corrected chi connectivity index (χ4v) is 2.72. The standard InChI is InChI=1S/C14H18FN3O3/c1-2-6-14(7-3-8-16-14)13(19)17-12-9-10(18(20)21)4-5-11(12)15/h4-5,9,16H,2-3,6-8H2,1H3,(H,17,19). The van der Waals surface area contributed by atoms with Crippen LogP contribution in [-0.2, 0) is 4.79 Å². The summed E-state index contributed by atoms with van der Waals surface area (Å²) < 4.78 is 13.7. The molecule has 1 aliphatic heterocycles. The first-order valence-electron chi connectivity index (χ1n) is 6.99. The molecule has 1 atom stereocenters. The maximum Gasteiger partial charge on any atom is 0.271 e. The van der Waals surface area contributed by atoms with Crippen molar-refractivity contribution in [2.75, 3.05) is 11.9 Å². The summed E-state index contributed by atoms with van der Waals surface area (Å²) in [7, 11) is 0. The molecule has 2 N–H and O–H groups in total. The van der Waals surface area contributed by atoms with Gasteiger partial charge in [0.2, 0.25) is 5.91 Å². The lowest BCUT2D eigenvalue weighted by molar-refractivity contribution is -0.384. The minimum absolute atomic E-state index is 0.154. The summed E-state index contributed by atoms with van der Waals surface area (Å²) in [6, 6.07) is 3.10. The molecule has 21 heavy (non-hydrogen) atoms. The van der Waals surface area contributed by atoms with Crippen LogP contribution in [0.25, 0.3) is 0 Å². The number of benzene rings is 1. The summed E-state index contributed by atoms with van der Waals surface area (Å²) in [4.78, 5) is 22.6. The first kappa shape index (κ1) is 15.4. The van der Waals surface area contributed by atoms with Crippen LogP contribution in [0, 0.1) is 15.9 Å². The summed E-state index contributed by atoms with van der Waals surface area (Å²) in [5.74, 6) is -1.01. The number of hydrogen-bond donors (Lipinski definition) is 2. The minimum Gasteiger partial charge on any atom is -0.322 e. The second kappa shape index (κ2) is 6.17. The van der Waals surface area contributed by atoms with E-state index in [1.54, 1.807) is 0 Å². The van der Waals surface area contributed by atoms with Crippen molar-refractivity contribution in [3.05, 3.63) is 34.1 Å². The predicted octanol–water partition coefficient (Wildman–Crippen LogP) is 2.59. The molecule has 0 spiro atoms. The molecule has 0 aliphatic carbocycles. The van der Waals surface area contributed by atoms with Crippen LogP contribution in [0.2, 0.25) is 0 Å². The van der Waals surface area contributed by atoms with Crippen molar-refractivity contribution < 1.29 is 14.1 Å². The van der Waals surface area contributed by atoms with Gasteiger partial charge < -0.3 is 10.6 Å². The molecule has 1 fully saturated rings. The Balaban J connectivity index is 2.22. The van der Waals surface area contributed by atoms with Crippen molar-refractivity contribution >= 4 is 17.3 Å². The van der Waals surface area contributed by atoms with Gasteiger partial charge in [-0.1, -0.05) is 13.3 Å². The molecular formula is C14H18FN3O3. The van der Waals surface area contributed by atoms with Crippen LogP contribution in [0.4, 0.5) is 15.8 Å². The zero-order valence-electron chi connectivity index (χ0n) is 11.8. The maximum atomic E-state index is 13.7.